The molecule has 1 rings (SSSR count). The minimum Gasteiger partial charge on any atom is -0.490 e. The predicted octanol–water partition coefficient (Wildman–Crippen LogP) is 14.0. The van der Waals surface area contributed by atoms with Gasteiger partial charge < -0.3 is 9.47 Å². The number of carbonyl (C=O) groups is 2. The fourth-order valence-corrected chi connectivity index (χ4v) is 6.05. The van der Waals surface area contributed by atoms with Crippen molar-refractivity contribution in [2.45, 2.75) is 159 Å². The molecule has 0 radical (unpaired) electrons. The van der Waals surface area contributed by atoms with Crippen molar-refractivity contribution in [2.24, 2.45) is 0 Å². The van der Waals surface area contributed by atoms with Crippen LogP contribution in [0.15, 0.2) is 116 Å². The zero-order valence-corrected chi connectivity index (χ0v) is 34.9. The molecule has 0 aromatic carbocycles. The summed E-state index contributed by atoms with van der Waals surface area (Å²) < 4.78 is 10.2. The summed E-state index contributed by atoms with van der Waals surface area (Å²) in [4.78, 5) is 24.9. The zero-order valence-electron chi connectivity index (χ0n) is 34.9. The van der Waals surface area contributed by atoms with Gasteiger partial charge in [0, 0.05) is 5.57 Å². The van der Waals surface area contributed by atoms with Crippen molar-refractivity contribution < 1.29 is 19.1 Å². The summed E-state index contributed by atoms with van der Waals surface area (Å²) in [6, 6.07) is 0. The lowest BCUT2D eigenvalue weighted by Gasteiger charge is -2.16. The minimum atomic E-state index is -0.330. The molecule has 52 heavy (non-hydrogen) atoms. The van der Waals surface area contributed by atoms with Gasteiger partial charge in [-0.1, -0.05) is 93.2 Å². The number of Topliss-reactive ketones (excluding diaryl/α,β-unsaturated/α-hetero) is 1. The Balaban J connectivity index is 2.31. The molecule has 0 saturated carbocycles. The summed E-state index contributed by atoms with van der Waals surface area (Å²) in [7, 11) is 2.75. The van der Waals surface area contributed by atoms with E-state index in [-0.39, 0.29) is 23.1 Å². The van der Waals surface area contributed by atoms with E-state index >= 15 is 0 Å². The van der Waals surface area contributed by atoms with Crippen LogP contribution in [0, 0.1) is 0 Å². The molecule has 0 aromatic rings. The van der Waals surface area contributed by atoms with E-state index in [0.29, 0.717) is 12.0 Å². The summed E-state index contributed by atoms with van der Waals surface area (Å²) in [5, 5.41) is 0. The van der Waals surface area contributed by atoms with Crippen LogP contribution in [0.3, 0.4) is 0 Å². The van der Waals surface area contributed by atoms with Gasteiger partial charge in [0.2, 0.25) is 23.1 Å². The van der Waals surface area contributed by atoms with Crippen LogP contribution in [0.1, 0.15) is 159 Å². The smallest absolute Gasteiger partial charge is 0.228 e. The molecule has 0 bridgehead atoms. The molecule has 1 aliphatic carbocycles. The molecule has 1 aliphatic rings. The Morgan fingerprint density at radius 3 is 1.02 bits per heavy atom. The Bertz CT molecular complexity index is 1470. The van der Waals surface area contributed by atoms with Gasteiger partial charge in [-0.15, -0.1) is 0 Å². The van der Waals surface area contributed by atoms with Gasteiger partial charge in [-0.2, -0.15) is 0 Å². The summed E-state index contributed by atoms with van der Waals surface area (Å²) in [5.74, 6) is -0.657. The fraction of sp³-hybridized carbons (Fsp3) is 0.542. The highest BCUT2D eigenvalue weighted by molar-refractivity contribution is 6.21. The summed E-state index contributed by atoms with van der Waals surface area (Å²) >= 11 is 0. The largest absolute Gasteiger partial charge is 0.490 e. The first-order chi connectivity index (χ1) is 24.8. The maximum Gasteiger partial charge on any atom is 0.228 e. The Hall–Kier alpha value is -3.66. The lowest BCUT2D eigenvalue weighted by Crippen LogP contribution is -2.21. The summed E-state index contributed by atoms with van der Waals surface area (Å²) in [6.45, 7) is 20.0. The highest BCUT2D eigenvalue weighted by Gasteiger charge is 2.30. The molecule has 4 nitrogen and oxygen atoms in total. The van der Waals surface area contributed by atoms with Crippen LogP contribution in [0.25, 0.3) is 0 Å². The third-order valence-electron chi connectivity index (χ3n) is 9.59. The van der Waals surface area contributed by atoms with Gasteiger partial charge in [-0.3, -0.25) is 9.59 Å². The highest BCUT2D eigenvalue weighted by Crippen LogP contribution is 2.24. The van der Waals surface area contributed by atoms with Crippen molar-refractivity contribution in [3.05, 3.63) is 116 Å². The van der Waals surface area contributed by atoms with E-state index in [9.17, 15) is 9.59 Å². The van der Waals surface area contributed by atoms with Crippen molar-refractivity contribution in [1.82, 2.24) is 0 Å². The molecule has 0 spiro atoms. The first kappa shape index (κ1) is 46.4. The van der Waals surface area contributed by atoms with Crippen LogP contribution >= 0.6 is 0 Å². The topological polar surface area (TPSA) is 52.6 Å². The van der Waals surface area contributed by atoms with Gasteiger partial charge in [0.1, 0.15) is 0 Å². The third-order valence-corrected chi connectivity index (χ3v) is 9.59. The average molecular weight is 713 g/mol. The number of ether oxygens (including phenoxy) is 2. The normalized spacial score (nSPS) is 15.8. The van der Waals surface area contributed by atoms with E-state index in [1.807, 2.05) is 6.08 Å². The lowest BCUT2D eigenvalue weighted by atomic mass is 9.96. The number of hydrogen-bond donors (Lipinski definition) is 0. The van der Waals surface area contributed by atoms with Crippen LogP contribution in [0.2, 0.25) is 0 Å². The monoisotopic (exact) mass is 713 g/mol. The molecular formula is C48H72O4. The molecule has 0 fully saturated rings. The number of rotatable bonds is 25. The Morgan fingerprint density at radius 1 is 0.442 bits per heavy atom. The second kappa shape index (κ2) is 27.0. The number of carbonyl (C=O) groups excluding carboxylic acids is 2. The van der Waals surface area contributed by atoms with E-state index in [4.69, 9.17) is 9.47 Å². The molecule has 0 N–H and O–H groups in total. The maximum absolute atomic E-state index is 12.6. The van der Waals surface area contributed by atoms with E-state index in [2.05, 4.69) is 105 Å². The maximum atomic E-state index is 12.6. The van der Waals surface area contributed by atoms with E-state index in [1.54, 1.807) is 0 Å². The number of hydrogen-bond acceptors (Lipinski definition) is 4. The Labute approximate surface area is 319 Å². The standard InChI is InChI=1S/C48H72O4/c1-36(2)19-12-20-37(3)21-13-22-38(4)23-14-24-39(5)25-15-26-40(6)27-16-28-41(7)29-17-30-42(8)31-18-32-43(9)33-34-44-35-45(49)47(51-10)48(52-11)46(44)50/h19,21,23,25,27,29,31,33,35H,12-18,20,22,24,26,28,30,32,34H2,1-11H3/b37-21+,38-23+,39-25+,40-27+,41-29+,42-31+,43-33+. The summed E-state index contributed by atoms with van der Waals surface area (Å²) in [5.41, 5.74) is 11.9. The first-order valence-electron chi connectivity index (χ1n) is 19.6. The predicted molar refractivity (Wildman–Crippen MR) is 224 cm³/mol. The van der Waals surface area contributed by atoms with Crippen LogP contribution in [-0.4, -0.2) is 25.8 Å². The second-order valence-electron chi connectivity index (χ2n) is 15.0. The molecule has 0 saturated heterocycles. The Morgan fingerprint density at radius 2 is 0.731 bits per heavy atom. The molecule has 0 aliphatic heterocycles. The van der Waals surface area contributed by atoms with Crippen LogP contribution in [0.5, 0.6) is 0 Å². The second-order valence-corrected chi connectivity index (χ2v) is 15.0. The van der Waals surface area contributed by atoms with Crippen molar-refractivity contribution in [1.29, 1.82) is 0 Å². The molecule has 288 valence electrons. The Kier molecular flexibility index (Phi) is 24.1. The van der Waals surface area contributed by atoms with Crippen LogP contribution < -0.4 is 0 Å². The molecule has 0 amide bonds. The van der Waals surface area contributed by atoms with E-state index in [0.717, 1.165) is 77.0 Å². The quantitative estimate of drug-likeness (QED) is 0.0698. The van der Waals surface area contributed by atoms with Crippen molar-refractivity contribution in [3.8, 4) is 0 Å². The minimum absolute atomic E-state index is 0.0139. The summed E-state index contributed by atoms with van der Waals surface area (Å²) in [6.07, 6.45) is 36.1. The van der Waals surface area contributed by atoms with E-state index < -0.39 is 0 Å². The van der Waals surface area contributed by atoms with Gasteiger partial charge in [-0.25, -0.2) is 0 Å². The molecule has 4 heteroatoms. The van der Waals surface area contributed by atoms with E-state index in [1.165, 1.54) is 77.7 Å². The zero-order chi connectivity index (χ0) is 38.9. The SMILES string of the molecule is COC1=C(OC)C(=O)C(C/C=C(\C)CC/C=C(\C)CC/C=C(\C)CC/C=C(\C)CC/C=C(\C)CC/C=C(\C)CC/C=C(\C)CCC=C(C)C)=CC1=O. The van der Waals surface area contributed by atoms with Gasteiger partial charge in [-0.05, 0) is 165 Å². The average Bonchev–Trinajstić information content (AvgIpc) is 3.08. The van der Waals surface area contributed by atoms with Gasteiger partial charge >= 0.3 is 0 Å². The van der Waals surface area contributed by atoms with Gasteiger partial charge in [0.05, 0.1) is 14.2 Å². The molecular weight excluding hydrogens is 641 g/mol. The highest BCUT2D eigenvalue weighted by atomic mass is 16.5. The third kappa shape index (κ3) is 21.0. The molecule has 0 heterocycles. The lowest BCUT2D eigenvalue weighted by molar-refractivity contribution is -0.120. The molecule has 0 aromatic heterocycles. The van der Waals surface area contributed by atoms with Gasteiger partial charge in [0.15, 0.2) is 0 Å². The number of ketones is 2. The van der Waals surface area contributed by atoms with Gasteiger partial charge in [0.25, 0.3) is 0 Å². The molecule has 0 atom stereocenters. The van der Waals surface area contributed by atoms with Crippen LogP contribution in [0.4, 0.5) is 0 Å². The number of methoxy groups -OCH3 is 2. The number of allylic oxidation sites excluding steroid dienone is 18. The van der Waals surface area contributed by atoms with Crippen molar-refractivity contribution in [2.75, 3.05) is 14.2 Å². The van der Waals surface area contributed by atoms with Crippen LogP contribution in [-0.2, 0) is 19.1 Å². The van der Waals surface area contributed by atoms with Crippen molar-refractivity contribution in [3.63, 3.8) is 0 Å². The molecule has 0 unspecified atom stereocenters. The fourth-order valence-electron chi connectivity index (χ4n) is 6.05. The van der Waals surface area contributed by atoms with Crippen molar-refractivity contribution >= 4 is 11.6 Å². The first-order valence-corrected chi connectivity index (χ1v) is 19.6.